The molecule has 2 rings (SSSR count). The van der Waals surface area contributed by atoms with Crippen LogP contribution in [0.25, 0.3) is 0 Å². The summed E-state index contributed by atoms with van der Waals surface area (Å²) in [5.74, 6) is -0.694. The Bertz CT molecular complexity index is 479. The van der Waals surface area contributed by atoms with Crippen molar-refractivity contribution in [2.45, 2.75) is 26.3 Å². The lowest BCUT2D eigenvalue weighted by Gasteiger charge is -2.39. The normalized spacial score (nSPS) is 18.2. The van der Waals surface area contributed by atoms with Crippen LogP contribution in [0.3, 0.4) is 0 Å². The van der Waals surface area contributed by atoms with Gasteiger partial charge in [-0.1, -0.05) is 17.2 Å². The summed E-state index contributed by atoms with van der Waals surface area (Å²) in [5, 5.41) is 8.59. The number of carbonyl (C=O) groups is 2. The molecule has 0 aromatic heterocycles. The first-order valence-electron chi connectivity index (χ1n) is 5.86. The smallest absolute Gasteiger partial charge is 0.266 e. The number of hydrogen-bond acceptors (Lipinski definition) is 3. The van der Waals surface area contributed by atoms with Gasteiger partial charge in [0.05, 0.1) is 0 Å². The molecule has 1 atom stereocenters. The topological polar surface area (TPSA) is 69.6 Å². The molecule has 1 aromatic rings. The molecule has 2 amide bonds. The molecule has 1 saturated heterocycles. The fourth-order valence-corrected chi connectivity index (χ4v) is 2.24. The number of carbonyl (C=O) groups excluding carboxylic acids is 2. The summed E-state index contributed by atoms with van der Waals surface area (Å²) in [6.07, 6.45) is 0.586. The number of likely N-dealkylation sites (tertiary alicyclic amines) is 1. The van der Waals surface area contributed by atoms with Crippen molar-refractivity contribution in [1.29, 1.82) is 0 Å². The number of nitrogens with one attached hydrogen (secondary N) is 1. The summed E-state index contributed by atoms with van der Waals surface area (Å²) >= 11 is 0. The summed E-state index contributed by atoms with van der Waals surface area (Å²) in [6, 6.07) is 5.05. The van der Waals surface area contributed by atoms with E-state index >= 15 is 0 Å². The van der Waals surface area contributed by atoms with Gasteiger partial charge in [-0.2, -0.15) is 0 Å². The molecule has 1 aromatic carbocycles. The van der Waals surface area contributed by atoms with Crippen molar-refractivity contribution in [2.75, 3.05) is 6.54 Å². The van der Waals surface area contributed by atoms with Crippen LogP contribution < -0.4 is 5.48 Å². The Hall–Kier alpha value is -1.88. The molecule has 1 aliphatic heterocycles. The van der Waals surface area contributed by atoms with Gasteiger partial charge in [-0.05, 0) is 32.4 Å². The number of rotatable bonds is 2. The summed E-state index contributed by atoms with van der Waals surface area (Å²) in [6.45, 7) is 4.40. The van der Waals surface area contributed by atoms with Crippen LogP contribution in [0.2, 0.25) is 0 Å². The van der Waals surface area contributed by atoms with Crippen LogP contribution in [0, 0.1) is 13.8 Å². The second kappa shape index (κ2) is 4.78. The van der Waals surface area contributed by atoms with E-state index < -0.39 is 11.9 Å². The Morgan fingerprint density at radius 3 is 2.33 bits per heavy atom. The Kier molecular flexibility index (Phi) is 3.34. The van der Waals surface area contributed by atoms with Crippen LogP contribution in [-0.4, -0.2) is 34.5 Å². The fourth-order valence-electron chi connectivity index (χ4n) is 2.24. The van der Waals surface area contributed by atoms with E-state index in [1.54, 1.807) is 5.48 Å². The van der Waals surface area contributed by atoms with Gasteiger partial charge in [-0.25, -0.2) is 5.48 Å². The Morgan fingerprint density at radius 2 is 1.89 bits per heavy atom. The maximum atomic E-state index is 12.2. The minimum absolute atomic E-state index is 0.165. The number of amides is 2. The Balaban J connectivity index is 2.19. The summed E-state index contributed by atoms with van der Waals surface area (Å²) in [5.41, 5.74) is 4.21. The van der Waals surface area contributed by atoms with Gasteiger partial charge in [0.1, 0.15) is 6.04 Å². The van der Waals surface area contributed by atoms with Gasteiger partial charge < -0.3 is 4.90 Å². The number of hydrogen-bond donors (Lipinski definition) is 2. The second-order valence-corrected chi connectivity index (χ2v) is 4.66. The number of benzene rings is 1. The first-order valence-corrected chi connectivity index (χ1v) is 5.86. The van der Waals surface area contributed by atoms with Gasteiger partial charge >= 0.3 is 0 Å². The van der Waals surface area contributed by atoms with Crippen molar-refractivity contribution in [2.24, 2.45) is 0 Å². The van der Waals surface area contributed by atoms with E-state index in [0.717, 1.165) is 11.1 Å². The SMILES string of the molecule is Cc1cc(C)cc(C(=O)N2CCC2C(=O)NO)c1. The lowest BCUT2D eigenvalue weighted by molar-refractivity contribution is -0.137. The number of aryl methyl sites for hydroxylation is 2. The van der Waals surface area contributed by atoms with Gasteiger partial charge in [0.25, 0.3) is 11.8 Å². The largest absolute Gasteiger partial charge is 0.326 e. The maximum Gasteiger partial charge on any atom is 0.266 e. The molecule has 96 valence electrons. The zero-order valence-corrected chi connectivity index (χ0v) is 10.4. The van der Waals surface area contributed by atoms with E-state index in [0.29, 0.717) is 18.5 Å². The molecular weight excluding hydrogens is 232 g/mol. The predicted molar refractivity (Wildman–Crippen MR) is 65.3 cm³/mol. The summed E-state index contributed by atoms with van der Waals surface area (Å²) in [7, 11) is 0. The molecule has 1 unspecified atom stereocenters. The molecule has 0 spiro atoms. The van der Waals surface area contributed by atoms with E-state index in [2.05, 4.69) is 0 Å². The average molecular weight is 248 g/mol. The van der Waals surface area contributed by atoms with Crippen molar-refractivity contribution in [3.63, 3.8) is 0 Å². The number of hydroxylamine groups is 1. The van der Waals surface area contributed by atoms with Gasteiger partial charge in [0, 0.05) is 12.1 Å². The van der Waals surface area contributed by atoms with Crippen LogP contribution in [0.15, 0.2) is 18.2 Å². The van der Waals surface area contributed by atoms with Crippen LogP contribution in [0.5, 0.6) is 0 Å². The Morgan fingerprint density at radius 1 is 1.28 bits per heavy atom. The van der Waals surface area contributed by atoms with Gasteiger partial charge in [-0.15, -0.1) is 0 Å². The van der Waals surface area contributed by atoms with E-state index in [-0.39, 0.29) is 5.91 Å². The third-order valence-electron chi connectivity index (χ3n) is 3.16. The molecule has 1 aliphatic rings. The molecule has 0 bridgehead atoms. The highest BCUT2D eigenvalue weighted by atomic mass is 16.5. The van der Waals surface area contributed by atoms with Crippen molar-refractivity contribution in [1.82, 2.24) is 10.4 Å². The molecule has 18 heavy (non-hydrogen) atoms. The molecular formula is C13H16N2O3. The second-order valence-electron chi connectivity index (χ2n) is 4.66. The van der Waals surface area contributed by atoms with Crippen molar-refractivity contribution >= 4 is 11.8 Å². The molecule has 1 heterocycles. The predicted octanol–water partition coefficient (Wildman–Crippen LogP) is 1.02. The van der Waals surface area contributed by atoms with Crippen LogP contribution in [-0.2, 0) is 4.79 Å². The third kappa shape index (κ3) is 2.22. The Labute approximate surface area is 105 Å². The summed E-state index contributed by atoms with van der Waals surface area (Å²) in [4.78, 5) is 25.0. The molecule has 5 heteroatoms. The highest BCUT2D eigenvalue weighted by Gasteiger charge is 2.37. The molecule has 0 saturated carbocycles. The first kappa shape index (κ1) is 12.6. The highest BCUT2D eigenvalue weighted by Crippen LogP contribution is 2.21. The zero-order chi connectivity index (χ0) is 13.3. The van der Waals surface area contributed by atoms with Gasteiger partial charge in [0.2, 0.25) is 0 Å². The monoisotopic (exact) mass is 248 g/mol. The average Bonchev–Trinajstić information content (AvgIpc) is 2.25. The molecule has 0 aliphatic carbocycles. The lowest BCUT2D eigenvalue weighted by Crippen LogP contribution is -2.57. The minimum atomic E-state index is -0.552. The van der Waals surface area contributed by atoms with Crippen molar-refractivity contribution in [3.8, 4) is 0 Å². The molecule has 0 radical (unpaired) electrons. The minimum Gasteiger partial charge on any atom is -0.326 e. The van der Waals surface area contributed by atoms with E-state index in [1.807, 2.05) is 32.0 Å². The summed E-state index contributed by atoms with van der Waals surface area (Å²) < 4.78 is 0. The first-order chi connectivity index (χ1) is 8.52. The molecule has 5 nitrogen and oxygen atoms in total. The van der Waals surface area contributed by atoms with Gasteiger partial charge in [-0.3, -0.25) is 14.8 Å². The van der Waals surface area contributed by atoms with E-state index in [9.17, 15) is 9.59 Å². The molecule has 1 fully saturated rings. The molecule has 2 N–H and O–H groups in total. The maximum absolute atomic E-state index is 12.2. The number of nitrogens with zero attached hydrogens (tertiary/aromatic N) is 1. The van der Waals surface area contributed by atoms with E-state index in [1.165, 1.54) is 4.90 Å². The van der Waals surface area contributed by atoms with Crippen molar-refractivity contribution in [3.05, 3.63) is 34.9 Å². The van der Waals surface area contributed by atoms with Crippen molar-refractivity contribution < 1.29 is 14.8 Å². The van der Waals surface area contributed by atoms with Crippen LogP contribution in [0.1, 0.15) is 27.9 Å². The third-order valence-corrected chi connectivity index (χ3v) is 3.16. The van der Waals surface area contributed by atoms with Crippen LogP contribution >= 0.6 is 0 Å². The van der Waals surface area contributed by atoms with Crippen LogP contribution in [0.4, 0.5) is 0 Å². The lowest BCUT2D eigenvalue weighted by atomic mass is 9.99. The zero-order valence-electron chi connectivity index (χ0n) is 10.4. The fraction of sp³-hybridized carbons (Fsp3) is 0.385. The van der Waals surface area contributed by atoms with E-state index in [4.69, 9.17) is 5.21 Å². The standard InChI is InChI=1S/C13H16N2O3/c1-8-5-9(2)7-10(6-8)13(17)15-4-3-11(15)12(16)14-18/h5-7,11,18H,3-4H2,1-2H3,(H,14,16). The van der Waals surface area contributed by atoms with Gasteiger partial charge in [0.15, 0.2) is 0 Å². The highest BCUT2D eigenvalue weighted by molar-refractivity contribution is 5.98. The quantitative estimate of drug-likeness (QED) is 0.606.